The summed E-state index contributed by atoms with van der Waals surface area (Å²) in [5, 5.41) is 7.42. The molecule has 0 aliphatic carbocycles. The third-order valence-corrected chi connectivity index (χ3v) is 0. The van der Waals surface area contributed by atoms with Crippen LogP contribution in [0.1, 0.15) is 6.92 Å². The van der Waals surface area contributed by atoms with Gasteiger partial charge in [-0.25, -0.2) is 0 Å². The van der Waals surface area contributed by atoms with Crippen molar-refractivity contribution in [3.8, 4) is 0 Å². The largest absolute Gasteiger partial charge is 0.481 e. The molecule has 4 heteroatoms. The van der Waals surface area contributed by atoms with Crippen LogP contribution in [0.15, 0.2) is 0 Å². The molecule has 0 atom stereocenters. The average Bonchev–Trinajstić information content (AvgIpc) is 1.41. The molecular weight excluding hydrogens is 162 g/mol. The molecule has 0 aromatic carbocycles. The Morgan fingerprint density at radius 2 is 1.57 bits per heavy atom. The van der Waals surface area contributed by atoms with E-state index in [1.165, 1.54) is 7.05 Å². The Morgan fingerprint density at radius 3 is 1.57 bits per heavy atom. The fraction of sp³-hybridized carbons (Fsp3) is 0.667. The van der Waals surface area contributed by atoms with E-state index in [1.807, 2.05) is 0 Å². The predicted molar refractivity (Wildman–Crippen MR) is 33.7 cm³/mol. The van der Waals surface area contributed by atoms with Crippen LogP contribution in [0.2, 0.25) is 0 Å². The molecule has 46 valence electrons. The molecule has 3 N–H and O–H groups in total. The van der Waals surface area contributed by atoms with E-state index in [9.17, 15) is 0 Å². The maximum absolute atomic E-state index is 9.00. The monoisotopic (exact) mass is 171 g/mol. The Morgan fingerprint density at radius 1 is 1.57 bits per heavy atom. The predicted octanol–water partition coefficient (Wildman–Crippen LogP) is 0.244. The van der Waals surface area contributed by atoms with Gasteiger partial charge < -0.3 is 10.8 Å². The molecule has 0 aliphatic rings. The number of carbonyl (C=O) groups is 1. The van der Waals surface area contributed by atoms with Crippen LogP contribution in [-0.4, -0.2) is 18.1 Å². The zero-order valence-corrected chi connectivity index (χ0v) is 6.05. The Kier molecular flexibility index (Phi) is 37.9. The van der Waals surface area contributed by atoms with E-state index < -0.39 is 5.97 Å². The number of hydrogen-bond donors (Lipinski definition) is 2. The van der Waals surface area contributed by atoms with Crippen molar-refractivity contribution < 1.29 is 9.90 Å². The van der Waals surface area contributed by atoms with Gasteiger partial charge in [0, 0.05) is 6.92 Å². The summed E-state index contributed by atoms with van der Waals surface area (Å²) in [5.74, 6) is -0.833. The molecule has 0 spiro atoms. The zero-order valence-electron chi connectivity index (χ0n) is 4.34. The normalized spacial score (nSPS) is 4.43. The SMILES string of the molecule is Br.CC(=O)O.CN. The fourth-order valence-electron chi connectivity index (χ4n) is 0. The first-order valence-electron chi connectivity index (χ1n) is 1.51. The highest BCUT2D eigenvalue weighted by atomic mass is 79.9. The number of nitrogens with two attached hydrogens (primary N) is 1. The van der Waals surface area contributed by atoms with Gasteiger partial charge in [-0.1, -0.05) is 0 Å². The van der Waals surface area contributed by atoms with Crippen LogP contribution in [0.3, 0.4) is 0 Å². The molecule has 0 fully saturated rings. The number of carboxylic acids is 1. The summed E-state index contributed by atoms with van der Waals surface area (Å²) in [6.45, 7) is 1.08. The van der Waals surface area contributed by atoms with Crippen LogP contribution in [-0.2, 0) is 4.79 Å². The molecule has 3 nitrogen and oxygen atoms in total. The van der Waals surface area contributed by atoms with Crippen molar-refractivity contribution in [2.75, 3.05) is 7.05 Å². The smallest absolute Gasteiger partial charge is 0.300 e. The molecule has 0 bridgehead atoms. The average molecular weight is 172 g/mol. The van der Waals surface area contributed by atoms with Crippen molar-refractivity contribution in [3.63, 3.8) is 0 Å². The molecule has 0 unspecified atom stereocenters. The van der Waals surface area contributed by atoms with Crippen molar-refractivity contribution in [1.82, 2.24) is 0 Å². The molecule has 0 saturated heterocycles. The van der Waals surface area contributed by atoms with Gasteiger partial charge in [-0.15, -0.1) is 17.0 Å². The van der Waals surface area contributed by atoms with Gasteiger partial charge >= 0.3 is 0 Å². The summed E-state index contributed by atoms with van der Waals surface area (Å²) in [6.07, 6.45) is 0. The second kappa shape index (κ2) is 16.8. The van der Waals surface area contributed by atoms with Gasteiger partial charge in [-0.2, -0.15) is 0 Å². The van der Waals surface area contributed by atoms with Gasteiger partial charge in [0.1, 0.15) is 0 Å². The van der Waals surface area contributed by atoms with Crippen molar-refractivity contribution >= 4 is 23.0 Å². The number of rotatable bonds is 0. The maximum Gasteiger partial charge on any atom is 0.300 e. The lowest BCUT2D eigenvalue weighted by Gasteiger charge is -1.59. The lowest BCUT2D eigenvalue weighted by molar-refractivity contribution is -0.134. The van der Waals surface area contributed by atoms with E-state index in [0.29, 0.717) is 0 Å². The Hall–Kier alpha value is -0.0900. The zero-order chi connectivity index (χ0) is 5.58. The molecule has 0 rings (SSSR count). The molecule has 0 aromatic rings. The van der Waals surface area contributed by atoms with Crippen LogP contribution in [0.5, 0.6) is 0 Å². The van der Waals surface area contributed by atoms with Crippen molar-refractivity contribution in [2.24, 2.45) is 5.73 Å². The van der Waals surface area contributed by atoms with Gasteiger partial charge in [0.2, 0.25) is 0 Å². The summed E-state index contributed by atoms with van der Waals surface area (Å²) in [7, 11) is 1.50. The van der Waals surface area contributed by atoms with Crippen molar-refractivity contribution in [2.45, 2.75) is 6.92 Å². The summed E-state index contributed by atoms with van der Waals surface area (Å²) in [4.78, 5) is 9.00. The minimum Gasteiger partial charge on any atom is -0.481 e. The summed E-state index contributed by atoms with van der Waals surface area (Å²) in [5.41, 5.74) is 4.50. The van der Waals surface area contributed by atoms with E-state index in [2.05, 4.69) is 5.73 Å². The van der Waals surface area contributed by atoms with Crippen LogP contribution in [0.25, 0.3) is 0 Å². The standard InChI is InChI=1S/C2H4O2.CH5N.BrH/c1-2(3)4;1-2;/h1H3,(H,3,4);2H2,1H3;1H. The molecule has 0 saturated carbocycles. The van der Waals surface area contributed by atoms with E-state index in [0.717, 1.165) is 6.92 Å². The minimum absolute atomic E-state index is 0. The first-order chi connectivity index (χ1) is 2.73. The number of halogens is 1. The highest BCUT2D eigenvalue weighted by Gasteiger charge is 1.65. The lowest BCUT2D eigenvalue weighted by atomic mass is 10.9. The number of carboxylic acid groups (broad SMARTS) is 1. The van der Waals surface area contributed by atoms with Crippen LogP contribution < -0.4 is 5.73 Å². The molecule has 7 heavy (non-hydrogen) atoms. The molecule has 0 aromatic heterocycles. The van der Waals surface area contributed by atoms with E-state index in [-0.39, 0.29) is 17.0 Å². The summed E-state index contributed by atoms with van der Waals surface area (Å²) < 4.78 is 0. The van der Waals surface area contributed by atoms with Gasteiger partial charge in [0.15, 0.2) is 0 Å². The third-order valence-electron chi connectivity index (χ3n) is 0. The van der Waals surface area contributed by atoms with Crippen LogP contribution in [0, 0.1) is 0 Å². The van der Waals surface area contributed by atoms with Gasteiger partial charge in [-0.05, 0) is 7.05 Å². The van der Waals surface area contributed by atoms with Crippen LogP contribution in [0.4, 0.5) is 0 Å². The van der Waals surface area contributed by atoms with E-state index >= 15 is 0 Å². The molecule has 0 heterocycles. The van der Waals surface area contributed by atoms with Crippen LogP contribution >= 0.6 is 17.0 Å². The van der Waals surface area contributed by atoms with Gasteiger partial charge in [0.25, 0.3) is 5.97 Å². The molecule has 0 amide bonds. The summed E-state index contributed by atoms with van der Waals surface area (Å²) >= 11 is 0. The first-order valence-corrected chi connectivity index (χ1v) is 1.51. The van der Waals surface area contributed by atoms with E-state index in [4.69, 9.17) is 9.90 Å². The Labute approximate surface area is 53.3 Å². The minimum atomic E-state index is -0.833. The first kappa shape index (κ1) is 15.8. The summed E-state index contributed by atoms with van der Waals surface area (Å²) in [6, 6.07) is 0. The third kappa shape index (κ3) is 11200. The molecular formula is C3H10BrNO2. The number of hydrogen-bond acceptors (Lipinski definition) is 2. The van der Waals surface area contributed by atoms with Gasteiger partial charge in [0.05, 0.1) is 0 Å². The molecule has 0 radical (unpaired) electrons. The highest BCUT2D eigenvalue weighted by Crippen LogP contribution is 1.42. The Bertz CT molecular complexity index is 35.9. The van der Waals surface area contributed by atoms with Gasteiger partial charge in [-0.3, -0.25) is 4.79 Å². The van der Waals surface area contributed by atoms with E-state index in [1.54, 1.807) is 0 Å². The lowest BCUT2D eigenvalue weighted by Crippen LogP contribution is -1.78. The second-order valence-corrected chi connectivity index (χ2v) is 0.519. The fourth-order valence-corrected chi connectivity index (χ4v) is 0. The highest BCUT2D eigenvalue weighted by molar-refractivity contribution is 8.93. The molecule has 0 aliphatic heterocycles. The quantitative estimate of drug-likeness (QED) is 0.550. The topological polar surface area (TPSA) is 63.3 Å². The maximum atomic E-state index is 9.00. The second-order valence-electron chi connectivity index (χ2n) is 0.519. The van der Waals surface area contributed by atoms with Crippen molar-refractivity contribution in [3.05, 3.63) is 0 Å². The number of aliphatic carboxylic acids is 1. The Balaban J connectivity index is -0.0000000480. The van der Waals surface area contributed by atoms with Crippen molar-refractivity contribution in [1.29, 1.82) is 0 Å².